The van der Waals surface area contributed by atoms with Gasteiger partial charge in [0.25, 0.3) is 0 Å². The lowest BCUT2D eigenvalue weighted by Gasteiger charge is -2.18. The first-order valence-corrected chi connectivity index (χ1v) is 7.12. The Morgan fingerprint density at radius 2 is 2.31 bits per heavy atom. The molecule has 1 aromatic rings. The maximum Gasteiger partial charge on any atom is 0.212 e. The number of hydrogen-bond acceptors (Lipinski definition) is 5. The van der Waals surface area contributed by atoms with E-state index in [-0.39, 0.29) is 18.3 Å². The monoisotopic (exact) mass is 245 g/mol. The van der Waals surface area contributed by atoms with Crippen LogP contribution in [0.5, 0.6) is 0 Å². The molecule has 1 N–H and O–H groups in total. The van der Waals surface area contributed by atoms with Crippen molar-refractivity contribution in [3.05, 3.63) is 17.8 Å². The Kier molecular flexibility index (Phi) is 3.30. The van der Waals surface area contributed by atoms with E-state index < -0.39 is 15.1 Å². The van der Waals surface area contributed by atoms with Crippen LogP contribution in [-0.4, -0.2) is 30.9 Å². The molecule has 6 heteroatoms. The Balaban J connectivity index is 2.22. The zero-order valence-corrected chi connectivity index (χ0v) is 9.74. The van der Waals surface area contributed by atoms with Crippen molar-refractivity contribution in [2.45, 2.75) is 30.9 Å². The molecule has 1 unspecified atom stereocenters. The van der Waals surface area contributed by atoms with Crippen LogP contribution in [0.1, 0.15) is 36.1 Å². The third-order valence-corrected chi connectivity index (χ3v) is 4.95. The molecule has 2 rings (SSSR count). The molecule has 16 heavy (non-hydrogen) atoms. The van der Waals surface area contributed by atoms with Crippen LogP contribution in [0.15, 0.2) is 10.7 Å². The van der Waals surface area contributed by atoms with E-state index >= 15 is 0 Å². The molecule has 0 amide bonds. The molecule has 1 aromatic heterocycles. The summed E-state index contributed by atoms with van der Waals surface area (Å²) in [6, 6.07) is 0. The van der Waals surface area contributed by atoms with Crippen LogP contribution in [0, 0.1) is 0 Å². The van der Waals surface area contributed by atoms with Crippen molar-refractivity contribution in [2.24, 2.45) is 0 Å². The first-order valence-electron chi connectivity index (χ1n) is 5.40. The molecule has 2 heterocycles. The maximum atomic E-state index is 11.8. The quantitative estimate of drug-likeness (QED) is 0.853. The smallest absolute Gasteiger partial charge is 0.212 e. The zero-order chi connectivity index (χ0) is 11.6. The van der Waals surface area contributed by atoms with Crippen molar-refractivity contribution in [1.29, 1.82) is 0 Å². The van der Waals surface area contributed by atoms with Crippen LogP contribution in [0.3, 0.4) is 0 Å². The van der Waals surface area contributed by atoms with Gasteiger partial charge in [-0.15, -0.1) is 0 Å². The predicted octanol–water partition coefficient (Wildman–Crippen LogP) is 0.849. The van der Waals surface area contributed by atoms with Gasteiger partial charge in [-0.05, 0) is 12.8 Å². The SMILES string of the molecule is O=S1(=O)CCCCC1c1nc(CCO)co1. The molecular weight excluding hydrogens is 230 g/mol. The number of aromatic nitrogens is 1. The third kappa shape index (κ3) is 2.27. The second kappa shape index (κ2) is 4.55. The summed E-state index contributed by atoms with van der Waals surface area (Å²) in [4.78, 5) is 4.11. The summed E-state index contributed by atoms with van der Waals surface area (Å²) in [6.45, 7) is -0.0105. The highest BCUT2D eigenvalue weighted by Gasteiger charge is 2.33. The maximum absolute atomic E-state index is 11.8. The summed E-state index contributed by atoms with van der Waals surface area (Å²) in [5.41, 5.74) is 0.610. The fourth-order valence-corrected chi connectivity index (χ4v) is 3.76. The van der Waals surface area contributed by atoms with Crippen LogP contribution in [0.2, 0.25) is 0 Å². The fourth-order valence-electron chi connectivity index (χ4n) is 1.93. The fraction of sp³-hybridized carbons (Fsp3) is 0.700. The molecule has 0 saturated carbocycles. The molecule has 0 bridgehead atoms. The molecule has 1 atom stereocenters. The normalized spacial score (nSPS) is 24.4. The van der Waals surface area contributed by atoms with Gasteiger partial charge in [0.1, 0.15) is 11.5 Å². The van der Waals surface area contributed by atoms with Gasteiger partial charge in [0.05, 0.1) is 11.4 Å². The van der Waals surface area contributed by atoms with Gasteiger partial charge in [-0.3, -0.25) is 0 Å². The summed E-state index contributed by atoms with van der Waals surface area (Å²) in [5.74, 6) is 0.498. The lowest BCUT2D eigenvalue weighted by Crippen LogP contribution is -2.21. The second-order valence-electron chi connectivity index (χ2n) is 4.00. The number of sulfone groups is 1. The first kappa shape index (κ1) is 11.6. The number of oxazole rings is 1. The van der Waals surface area contributed by atoms with E-state index in [1.165, 1.54) is 6.26 Å². The average molecular weight is 245 g/mol. The number of nitrogens with zero attached hydrogens (tertiary/aromatic N) is 1. The molecule has 0 aromatic carbocycles. The molecule has 1 aliphatic rings. The van der Waals surface area contributed by atoms with Crippen LogP contribution in [-0.2, 0) is 16.3 Å². The standard InChI is InChI=1S/C10H15NO4S/c12-5-4-8-7-15-10(11-8)9-3-1-2-6-16(9,13)14/h7,9,12H,1-6H2. The van der Waals surface area contributed by atoms with E-state index in [0.717, 1.165) is 12.8 Å². The highest BCUT2D eigenvalue weighted by molar-refractivity contribution is 7.91. The van der Waals surface area contributed by atoms with Crippen molar-refractivity contribution in [3.8, 4) is 0 Å². The highest BCUT2D eigenvalue weighted by atomic mass is 32.2. The van der Waals surface area contributed by atoms with Crippen molar-refractivity contribution < 1.29 is 17.9 Å². The van der Waals surface area contributed by atoms with Crippen molar-refractivity contribution in [2.75, 3.05) is 12.4 Å². The summed E-state index contributed by atoms with van der Waals surface area (Å²) >= 11 is 0. The molecule has 90 valence electrons. The van der Waals surface area contributed by atoms with Gasteiger partial charge in [0.2, 0.25) is 5.89 Å². The minimum atomic E-state index is -3.10. The second-order valence-corrected chi connectivity index (χ2v) is 6.31. The Labute approximate surface area is 94.4 Å². The van der Waals surface area contributed by atoms with E-state index in [4.69, 9.17) is 9.52 Å². The Hall–Kier alpha value is -0.880. The molecule has 0 aliphatic carbocycles. The minimum absolute atomic E-state index is 0.0105. The molecule has 1 fully saturated rings. The van der Waals surface area contributed by atoms with E-state index in [1.807, 2.05) is 0 Å². The largest absolute Gasteiger partial charge is 0.447 e. The van der Waals surface area contributed by atoms with Crippen molar-refractivity contribution in [3.63, 3.8) is 0 Å². The average Bonchev–Trinajstić information content (AvgIpc) is 2.66. The Morgan fingerprint density at radius 3 is 3.00 bits per heavy atom. The van der Waals surface area contributed by atoms with Gasteiger partial charge in [0, 0.05) is 13.0 Å². The lowest BCUT2D eigenvalue weighted by molar-refractivity contribution is 0.298. The van der Waals surface area contributed by atoms with Crippen molar-refractivity contribution >= 4 is 9.84 Å². The molecular formula is C10H15NO4S. The highest BCUT2D eigenvalue weighted by Crippen LogP contribution is 2.32. The summed E-state index contributed by atoms with van der Waals surface area (Å²) < 4.78 is 28.8. The van der Waals surface area contributed by atoms with Gasteiger partial charge in [0.15, 0.2) is 9.84 Å². The van der Waals surface area contributed by atoms with Gasteiger partial charge < -0.3 is 9.52 Å². The van der Waals surface area contributed by atoms with E-state index in [2.05, 4.69) is 4.98 Å². The van der Waals surface area contributed by atoms with E-state index in [1.54, 1.807) is 0 Å². The number of hydrogen-bond donors (Lipinski definition) is 1. The van der Waals surface area contributed by atoms with Gasteiger partial charge in [-0.2, -0.15) is 0 Å². The lowest BCUT2D eigenvalue weighted by atomic mass is 10.2. The van der Waals surface area contributed by atoms with Crippen LogP contribution in [0.25, 0.3) is 0 Å². The summed E-state index contributed by atoms with van der Waals surface area (Å²) in [6.07, 6.45) is 4.03. The summed E-state index contributed by atoms with van der Waals surface area (Å²) in [5, 5.41) is 8.15. The van der Waals surface area contributed by atoms with Crippen LogP contribution in [0.4, 0.5) is 0 Å². The van der Waals surface area contributed by atoms with Crippen LogP contribution >= 0.6 is 0 Å². The zero-order valence-electron chi connectivity index (χ0n) is 8.92. The first-order chi connectivity index (χ1) is 7.63. The van der Waals surface area contributed by atoms with Gasteiger partial charge in [-0.1, -0.05) is 6.42 Å². The van der Waals surface area contributed by atoms with E-state index in [9.17, 15) is 8.42 Å². The molecule has 1 aliphatic heterocycles. The molecule has 0 radical (unpaired) electrons. The van der Waals surface area contributed by atoms with Crippen LogP contribution < -0.4 is 0 Å². The number of aliphatic hydroxyl groups is 1. The number of rotatable bonds is 3. The van der Waals surface area contributed by atoms with Crippen molar-refractivity contribution in [1.82, 2.24) is 4.98 Å². The Morgan fingerprint density at radius 1 is 1.50 bits per heavy atom. The predicted molar refractivity (Wildman–Crippen MR) is 57.7 cm³/mol. The minimum Gasteiger partial charge on any atom is -0.447 e. The molecule has 5 nitrogen and oxygen atoms in total. The topological polar surface area (TPSA) is 80.4 Å². The molecule has 0 spiro atoms. The number of aliphatic hydroxyl groups excluding tert-OH is 1. The third-order valence-electron chi connectivity index (χ3n) is 2.79. The van der Waals surface area contributed by atoms with Gasteiger partial charge in [-0.25, -0.2) is 13.4 Å². The Bertz CT molecular complexity index is 451. The van der Waals surface area contributed by atoms with E-state index in [0.29, 0.717) is 18.5 Å². The molecule has 1 saturated heterocycles. The van der Waals surface area contributed by atoms with Gasteiger partial charge >= 0.3 is 0 Å². The summed E-state index contributed by atoms with van der Waals surface area (Å²) in [7, 11) is -3.10.